The maximum atomic E-state index is 5.78. The van der Waals surface area contributed by atoms with E-state index >= 15 is 0 Å². The topological polar surface area (TPSA) is 17.3 Å². The summed E-state index contributed by atoms with van der Waals surface area (Å²) in [6, 6.07) is 0. The molecule has 0 unspecified atom stereocenters. The van der Waals surface area contributed by atoms with Gasteiger partial charge in [0.05, 0.1) is 11.4 Å². The average Bonchev–Trinajstić information content (AvgIpc) is 2.65. The number of thiazole rings is 1. The monoisotopic (exact) mass is 240 g/mol. The summed E-state index contributed by atoms with van der Waals surface area (Å²) in [6.45, 7) is 6.16. The maximum absolute atomic E-state index is 5.78. The maximum Gasteiger partial charge on any atom is 0.194 e. The second-order valence-electron chi connectivity index (χ2n) is 3.70. The summed E-state index contributed by atoms with van der Waals surface area (Å²) in [5.74, 6) is 0.565. The van der Waals surface area contributed by atoms with Gasteiger partial charge >= 0.3 is 0 Å². The van der Waals surface area contributed by atoms with E-state index in [-0.39, 0.29) is 0 Å². The van der Waals surface area contributed by atoms with Gasteiger partial charge in [0.25, 0.3) is 0 Å². The van der Waals surface area contributed by atoms with Crippen LogP contribution in [0.3, 0.4) is 0 Å². The fourth-order valence-electron chi connectivity index (χ4n) is 1.53. The Bertz CT molecular complexity index is 522. The molecule has 0 amide bonds. The fourth-order valence-corrected chi connectivity index (χ4v) is 2.48. The smallest absolute Gasteiger partial charge is 0.194 e. The molecule has 0 fully saturated rings. The minimum absolute atomic E-state index is 0.565. The molecule has 0 spiro atoms. The Morgan fingerprint density at radius 2 is 2.33 bits per heavy atom. The molecule has 0 aromatic carbocycles. The van der Waals surface area contributed by atoms with Gasteiger partial charge in [-0.15, -0.1) is 22.9 Å². The third kappa shape index (κ3) is 1.94. The first-order valence-electron chi connectivity index (χ1n) is 4.80. The summed E-state index contributed by atoms with van der Waals surface area (Å²) < 4.78 is 2.13. The van der Waals surface area contributed by atoms with Crippen LogP contribution < -0.4 is 0 Å². The second-order valence-corrected chi connectivity index (χ2v) is 5.18. The molecular weight excluding hydrogens is 228 g/mol. The first kappa shape index (κ1) is 10.7. The standard InChI is InChI=1S/C11H13ClN2S/c1-7(5-12)4-10-9(3)13-11-14(10)6-8(2)15-11/h4,6H,5H2,1-3H3/b7-4+. The first-order chi connectivity index (χ1) is 7.11. The summed E-state index contributed by atoms with van der Waals surface area (Å²) in [5, 5.41) is 0. The van der Waals surface area contributed by atoms with Gasteiger partial charge < -0.3 is 0 Å². The number of halogens is 1. The molecular formula is C11H13ClN2S. The lowest BCUT2D eigenvalue weighted by molar-refractivity contribution is 1.17. The lowest BCUT2D eigenvalue weighted by atomic mass is 10.2. The van der Waals surface area contributed by atoms with E-state index in [4.69, 9.17) is 11.6 Å². The van der Waals surface area contributed by atoms with Gasteiger partial charge in [0.1, 0.15) is 0 Å². The largest absolute Gasteiger partial charge is 0.290 e. The van der Waals surface area contributed by atoms with Crippen LogP contribution >= 0.6 is 22.9 Å². The van der Waals surface area contributed by atoms with Crippen molar-refractivity contribution in [3.05, 3.63) is 28.0 Å². The Labute approximate surface area is 98.2 Å². The van der Waals surface area contributed by atoms with Crippen LogP contribution in [0.1, 0.15) is 23.2 Å². The van der Waals surface area contributed by atoms with Crippen LogP contribution in [0.4, 0.5) is 0 Å². The zero-order valence-electron chi connectivity index (χ0n) is 9.04. The summed E-state index contributed by atoms with van der Waals surface area (Å²) in [7, 11) is 0. The number of fused-ring (bicyclic) bond motifs is 1. The summed E-state index contributed by atoms with van der Waals surface area (Å²) >= 11 is 7.49. The van der Waals surface area contributed by atoms with Crippen molar-refractivity contribution in [2.75, 3.05) is 5.88 Å². The van der Waals surface area contributed by atoms with E-state index in [1.165, 1.54) is 4.88 Å². The Kier molecular flexibility index (Phi) is 2.85. The highest BCUT2D eigenvalue weighted by Gasteiger charge is 2.08. The number of hydrogen-bond donors (Lipinski definition) is 0. The lowest BCUT2D eigenvalue weighted by Crippen LogP contribution is -1.86. The van der Waals surface area contributed by atoms with Crippen molar-refractivity contribution in [1.29, 1.82) is 0 Å². The van der Waals surface area contributed by atoms with Gasteiger partial charge in [-0.25, -0.2) is 4.98 Å². The summed E-state index contributed by atoms with van der Waals surface area (Å²) in [6.07, 6.45) is 4.22. The second kappa shape index (κ2) is 3.99. The molecule has 2 nitrogen and oxygen atoms in total. The number of aromatic nitrogens is 2. The van der Waals surface area contributed by atoms with E-state index in [1.807, 2.05) is 13.8 Å². The van der Waals surface area contributed by atoms with E-state index in [0.29, 0.717) is 5.88 Å². The minimum Gasteiger partial charge on any atom is -0.290 e. The molecule has 0 bridgehead atoms. The number of rotatable bonds is 2. The molecule has 15 heavy (non-hydrogen) atoms. The molecule has 0 aliphatic rings. The summed E-state index contributed by atoms with van der Waals surface area (Å²) in [5.41, 5.74) is 3.36. The van der Waals surface area contributed by atoms with Crippen LogP contribution in [0.5, 0.6) is 0 Å². The van der Waals surface area contributed by atoms with Crippen molar-refractivity contribution in [2.45, 2.75) is 20.8 Å². The normalized spacial score (nSPS) is 12.7. The summed E-state index contributed by atoms with van der Waals surface area (Å²) in [4.78, 5) is 6.84. The Balaban J connectivity index is 2.62. The van der Waals surface area contributed by atoms with Crippen LogP contribution in [-0.2, 0) is 0 Å². The van der Waals surface area contributed by atoms with Gasteiger partial charge in [-0.05, 0) is 26.8 Å². The van der Waals surface area contributed by atoms with E-state index in [1.54, 1.807) is 11.3 Å². The highest BCUT2D eigenvalue weighted by Crippen LogP contribution is 2.22. The van der Waals surface area contributed by atoms with Crippen LogP contribution in [-0.4, -0.2) is 15.3 Å². The molecule has 80 valence electrons. The number of imidazole rings is 1. The molecule has 2 aromatic rings. The van der Waals surface area contributed by atoms with Gasteiger partial charge in [-0.2, -0.15) is 0 Å². The van der Waals surface area contributed by atoms with Gasteiger partial charge in [-0.1, -0.05) is 5.57 Å². The Hall–Kier alpha value is -0.800. The van der Waals surface area contributed by atoms with Crippen molar-refractivity contribution in [2.24, 2.45) is 0 Å². The van der Waals surface area contributed by atoms with Crippen LogP contribution in [0.15, 0.2) is 11.8 Å². The van der Waals surface area contributed by atoms with Crippen LogP contribution in [0, 0.1) is 13.8 Å². The lowest BCUT2D eigenvalue weighted by Gasteiger charge is -1.96. The van der Waals surface area contributed by atoms with Gasteiger partial charge in [-0.3, -0.25) is 4.40 Å². The molecule has 0 aliphatic carbocycles. The number of nitrogens with zero attached hydrogens (tertiary/aromatic N) is 2. The molecule has 0 aliphatic heterocycles. The zero-order valence-corrected chi connectivity index (χ0v) is 10.6. The number of aryl methyl sites for hydroxylation is 2. The van der Waals surface area contributed by atoms with E-state index in [2.05, 4.69) is 28.6 Å². The van der Waals surface area contributed by atoms with Crippen molar-refractivity contribution < 1.29 is 0 Å². The van der Waals surface area contributed by atoms with E-state index < -0.39 is 0 Å². The third-order valence-electron chi connectivity index (χ3n) is 2.26. The van der Waals surface area contributed by atoms with Crippen LogP contribution in [0.25, 0.3) is 11.0 Å². The average molecular weight is 241 g/mol. The fraction of sp³-hybridized carbons (Fsp3) is 0.364. The van der Waals surface area contributed by atoms with Gasteiger partial charge in [0.15, 0.2) is 4.96 Å². The quantitative estimate of drug-likeness (QED) is 0.733. The van der Waals surface area contributed by atoms with Crippen molar-refractivity contribution in [3.8, 4) is 0 Å². The highest BCUT2D eigenvalue weighted by molar-refractivity contribution is 7.17. The number of hydrogen-bond acceptors (Lipinski definition) is 2. The molecule has 2 heterocycles. The molecule has 4 heteroatoms. The predicted octanol–water partition coefficient (Wildman–Crippen LogP) is 3.65. The molecule has 0 N–H and O–H groups in total. The Morgan fingerprint density at radius 1 is 1.60 bits per heavy atom. The molecule has 2 aromatic heterocycles. The first-order valence-corrected chi connectivity index (χ1v) is 6.15. The molecule has 0 radical (unpaired) electrons. The van der Waals surface area contributed by atoms with Crippen molar-refractivity contribution in [1.82, 2.24) is 9.38 Å². The van der Waals surface area contributed by atoms with E-state index in [9.17, 15) is 0 Å². The zero-order chi connectivity index (χ0) is 11.0. The van der Waals surface area contributed by atoms with E-state index in [0.717, 1.165) is 21.9 Å². The number of alkyl halides is 1. The van der Waals surface area contributed by atoms with Gasteiger partial charge in [0.2, 0.25) is 0 Å². The third-order valence-corrected chi connectivity index (χ3v) is 3.58. The molecule has 0 saturated carbocycles. The Morgan fingerprint density at radius 3 is 3.00 bits per heavy atom. The van der Waals surface area contributed by atoms with Crippen molar-refractivity contribution in [3.63, 3.8) is 0 Å². The predicted molar refractivity (Wildman–Crippen MR) is 66.9 cm³/mol. The SMILES string of the molecule is C/C(=C\c1c(C)nc2sc(C)cn12)CCl. The molecule has 0 saturated heterocycles. The minimum atomic E-state index is 0.565. The molecule has 2 rings (SSSR count). The molecule has 0 atom stereocenters. The van der Waals surface area contributed by atoms with Gasteiger partial charge in [0, 0.05) is 17.0 Å². The highest BCUT2D eigenvalue weighted by atomic mass is 35.5. The van der Waals surface area contributed by atoms with Crippen molar-refractivity contribution >= 4 is 34.0 Å². The number of allylic oxidation sites excluding steroid dienone is 1. The van der Waals surface area contributed by atoms with Crippen LogP contribution in [0.2, 0.25) is 0 Å².